The molecule has 1 rings (SSSR count). The highest BCUT2D eigenvalue weighted by atomic mass is 16.7. The number of aliphatic imine (C=N–C) groups is 1. The molecule has 4 heteroatoms. The maximum atomic E-state index is 5.22. The van der Waals surface area contributed by atoms with Crippen LogP contribution in [0, 0.1) is 0 Å². The second-order valence-corrected chi connectivity index (χ2v) is 2.30. The van der Waals surface area contributed by atoms with E-state index in [0.29, 0.717) is 11.3 Å². The molecule has 0 aromatic heterocycles. The van der Waals surface area contributed by atoms with E-state index in [9.17, 15) is 0 Å². The van der Waals surface area contributed by atoms with Gasteiger partial charge in [0.05, 0.1) is 0 Å². The lowest BCUT2D eigenvalue weighted by Gasteiger charge is -2.16. The van der Waals surface area contributed by atoms with E-state index in [0.717, 1.165) is 0 Å². The lowest BCUT2D eigenvalue weighted by Crippen LogP contribution is -2.37. The number of hydrogen-bond donors (Lipinski definition) is 1. The molecule has 8 heavy (non-hydrogen) atoms. The Morgan fingerprint density at radius 2 is 2.38 bits per heavy atom. The fraction of sp³-hybridized carbons (Fsp3) is 0.750. The Balaban J connectivity index is 2.55. The van der Waals surface area contributed by atoms with Crippen LogP contribution in [0.1, 0.15) is 0 Å². The predicted molar refractivity (Wildman–Crippen MR) is 29.7 cm³/mol. The van der Waals surface area contributed by atoms with Gasteiger partial charge in [-0.2, -0.15) is 4.99 Å². The first kappa shape index (κ1) is 5.37. The standard InChI is InChI=1S/C4H10N3O/c1-7(2)3-6-4(5)8-7/h3H2,1-2H3,(H2,5,6)/q+1. The monoisotopic (exact) mass is 116 g/mol. The number of rotatable bonds is 0. The lowest BCUT2D eigenvalue weighted by molar-refractivity contribution is -1.05. The number of nitrogens with zero attached hydrogens (tertiary/aromatic N) is 2. The Kier molecular flexibility index (Phi) is 0.907. The summed E-state index contributed by atoms with van der Waals surface area (Å²) in [5.74, 6) is 0. The highest BCUT2D eigenvalue weighted by molar-refractivity contribution is 5.71. The van der Waals surface area contributed by atoms with Crippen LogP contribution in [0.25, 0.3) is 0 Å². The van der Waals surface area contributed by atoms with Crippen LogP contribution in [0.2, 0.25) is 0 Å². The van der Waals surface area contributed by atoms with Gasteiger partial charge in [0.1, 0.15) is 14.1 Å². The van der Waals surface area contributed by atoms with Crippen molar-refractivity contribution in [2.45, 2.75) is 0 Å². The normalized spacial score (nSPS) is 24.5. The summed E-state index contributed by atoms with van der Waals surface area (Å²) in [5.41, 5.74) is 5.22. The van der Waals surface area contributed by atoms with E-state index < -0.39 is 0 Å². The molecule has 0 unspecified atom stereocenters. The number of amidine groups is 1. The van der Waals surface area contributed by atoms with Crippen LogP contribution >= 0.6 is 0 Å². The van der Waals surface area contributed by atoms with Crippen molar-refractivity contribution < 1.29 is 9.48 Å². The van der Waals surface area contributed by atoms with Gasteiger partial charge in [-0.3, -0.25) is 4.84 Å². The van der Waals surface area contributed by atoms with Crippen LogP contribution in [-0.4, -0.2) is 31.4 Å². The predicted octanol–water partition coefficient (Wildman–Crippen LogP) is -0.720. The molecule has 46 valence electrons. The largest absolute Gasteiger partial charge is 0.350 e. The molecular weight excluding hydrogens is 106 g/mol. The van der Waals surface area contributed by atoms with Gasteiger partial charge in [0.2, 0.25) is 6.67 Å². The summed E-state index contributed by atoms with van der Waals surface area (Å²) in [6.07, 6.45) is 0. The maximum Gasteiger partial charge on any atom is 0.350 e. The van der Waals surface area contributed by atoms with Crippen LogP contribution in [0.3, 0.4) is 0 Å². The molecule has 0 aromatic rings. The zero-order valence-electron chi connectivity index (χ0n) is 5.09. The summed E-state index contributed by atoms with van der Waals surface area (Å²) < 4.78 is 0.409. The summed E-state index contributed by atoms with van der Waals surface area (Å²) in [5, 5.41) is 0. The molecule has 0 saturated heterocycles. The van der Waals surface area contributed by atoms with Crippen molar-refractivity contribution in [2.75, 3.05) is 20.8 Å². The molecule has 0 atom stereocenters. The van der Waals surface area contributed by atoms with Crippen molar-refractivity contribution >= 4 is 6.02 Å². The highest BCUT2D eigenvalue weighted by Crippen LogP contribution is 2.04. The number of hydroxylamine groups is 3. The number of quaternary nitrogens is 1. The fourth-order valence-electron chi connectivity index (χ4n) is 0.551. The van der Waals surface area contributed by atoms with Gasteiger partial charge in [0, 0.05) is 0 Å². The molecular formula is C4H10N3O+. The van der Waals surface area contributed by atoms with E-state index >= 15 is 0 Å². The quantitative estimate of drug-likeness (QED) is 0.424. The van der Waals surface area contributed by atoms with Crippen LogP contribution < -0.4 is 5.73 Å². The smallest absolute Gasteiger partial charge is 0.348 e. The Morgan fingerprint density at radius 3 is 2.50 bits per heavy atom. The van der Waals surface area contributed by atoms with Gasteiger partial charge in [0.25, 0.3) is 0 Å². The second kappa shape index (κ2) is 1.35. The van der Waals surface area contributed by atoms with Crippen molar-refractivity contribution in [3.63, 3.8) is 0 Å². The van der Waals surface area contributed by atoms with Gasteiger partial charge in [-0.25, -0.2) is 0 Å². The molecule has 0 saturated carbocycles. The van der Waals surface area contributed by atoms with E-state index in [2.05, 4.69) is 4.99 Å². The molecule has 0 amide bonds. The van der Waals surface area contributed by atoms with Crippen molar-refractivity contribution in [1.82, 2.24) is 0 Å². The van der Waals surface area contributed by atoms with Gasteiger partial charge in [-0.15, -0.1) is 4.65 Å². The number of nitrogens with two attached hydrogens (primary N) is 1. The third-order valence-corrected chi connectivity index (χ3v) is 0.908. The molecule has 1 aliphatic rings. The summed E-state index contributed by atoms with van der Waals surface area (Å²) in [7, 11) is 3.78. The Labute approximate surface area is 48.1 Å². The first-order valence-corrected chi connectivity index (χ1v) is 2.43. The van der Waals surface area contributed by atoms with E-state index in [-0.39, 0.29) is 6.02 Å². The Bertz CT molecular complexity index is 129. The first-order chi connectivity index (χ1) is 3.60. The number of hydrogen-bond acceptors (Lipinski definition) is 3. The molecule has 0 spiro atoms. The van der Waals surface area contributed by atoms with Gasteiger partial charge < -0.3 is 5.73 Å². The van der Waals surface area contributed by atoms with Crippen LogP contribution in [0.15, 0.2) is 4.99 Å². The molecule has 2 N–H and O–H groups in total. The second-order valence-electron chi connectivity index (χ2n) is 2.30. The van der Waals surface area contributed by atoms with Gasteiger partial charge in [-0.1, -0.05) is 0 Å². The van der Waals surface area contributed by atoms with E-state index in [1.807, 2.05) is 14.1 Å². The molecule has 0 aromatic carbocycles. The molecule has 1 aliphatic heterocycles. The van der Waals surface area contributed by atoms with Gasteiger partial charge >= 0.3 is 6.02 Å². The minimum atomic E-state index is 0.287. The van der Waals surface area contributed by atoms with Crippen molar-refractivity contribution in [2.24, 2.45) is 10.7 Å². The minimum Gasteiger partial charge on any atom is -0.348 e. The van der Waals surface area contributed by atoms with Crippen molar-refractivity contribution in [3.05, 3.63) is 0 Å². The summed E-state index contributed by atoms with van der Waals surface area (Å²) in [6.45, 7) is 0.617. The maximum absolute atomic E-state index is 5.22. The third-order valence-electron chi connectivity index (χ3n) is 0.908. The van der Waals surface area contributed by atoms with Crippen LogP contribution in [0.5, 0.6) is 0 Å². The zero-order valence-corrected chi connectivity index (χ0v) is 5.09. The zero-order chi connectivity index (χ0) is 6.20. The summed E-state index contributed by atoms with van der Waals surface area (Å²) >= 11 is 0. The van der Waals surface area contributed by atoms with E-state index in [1.54, 1.807) is 0 Å². The average Bonchev–Trinajstić information content (AvgIpc) is 1.82. The molecule has 0 aliphatic carbocycles. The van der Waals surface area contributed by atoms with E-state index in [4.69, 9.17) is 10.6 Å². The molecule has 4 nitrogen and oxygen atoms in total. The molecule has 0 radical (unpaired) electrons. The van der Waals surface area contributed by atoms with Crippen molar-refractivity contribution in [3.8, 4) is 0 Å². The van der Waals surface area contributed by atoms with Crippen molar-refractivity contribution in [1.29, 1.82) is 0 Å². The molecule has 1 heterocycles. The summed E-state index contributed by atoms with van der Waals surface area (Å²) in [4.78, 5) is 8.85. The Hall–Kier alpha value is -0.770. The average molecular weight is 116 g/mol. The first-order valence-electron chi connectivity index (χ1n) is 2.43. The van der Waals surface area contributed by atoms with Gasteiger partial charge in [-0.05, 0) is 0 Å². The van der Waals surface area contributed by atoms with Gasteiger partial charge in [0.15, 0.2) is 0 Å². The topological polar surface area (TPSA) is 47.6 Å². The third kappa shape index (κ3) is 0.894. The fourth-order valence-corrected chi connectivity index (χ4v) is 0.551. The van der Waals surface area contributed by atoms with Crippen LogP contribution in [-0.2, 0) is 4.84 Å². The molecule has 0 bridgehead atoms. The SMILES string of the molecule is C[N+]1(C)CN=C(N)O1. The van der Waals surface area contributed by atoms with E-state index in [1.165, 1.54) is 0 Å². The minimum absolute atomic E-state index is 0.287. The van der Waals surface area contributed by atoms with Crippen LogP contribution in [0.4, 0.5) is 0 Å². The lowest BCUT2D eigenvalue weighted by atomic mass is 10.9. The Morgan fingerprint density at radius 1 is 1.75 bits per heavy atom. The summed E-state index contributed by atoms with van der Waals surface area (Å²) in [6, 6.07) is 0.287. The molecule has 0 fully saturated rings. The highest BCUT2D eigenvalue weighted by Gasteiger charge is 2.24.